The molecule has 5 aliphatic rings. The van der Waals surface area contributed by atoms with Crippen LogP contribution in [-0.4, -0.2) is 35.7 Å². The van der Waals surface area contributed by atoms with Gasteiger partial charge in [0, 0.05) is 24.7 Å². The predicted molar refractivity (Wildman–Crippen MR) is 130 cm³/mol. The molecule has 0 bridgehead atoms. The highest BCUT2D eigenvalue weighted by Crippen LogP contribution is 2.71. The summed E-state index contributed by atoms with van der Waals surface area (Å²) in [6.07, 6.45) is 7.72. The fourth-order valence-corrected chi connectivity index (χ4v) is 8.59. The highest BCUT2D eigenvalue weighted by molar-refractivity contribution is 6.07. The fourth-order valence-electron chi connectivity index (χ4n) is 8.59. The summed E-state index contributed by atoms with van der Waals surface area (Å²) >= 11 is 0. The van der Waals surface area contributed by atoms with Crippen molar-refractivity contribution in [2.24, 2.45) is 34.5 Å². The number of ether oxygens (including phenoxy) is 3. The Kier molecular flexibility index (Phi) is 6.00. The summed E-state index contributed by atoms with van der Waals surface area (Å²) in [4.78, 5) is 50.8. The normalized spacial score (nSPS) is 40.1. The minimum Gasteiger partial charge on any atom is -0.458 e. The Morgan fingerprint density at radius 2 is 1.92 bits per heavy atom. The Morgan fingerprint density at radius 1 is 1.17 bits per heavy atom. The molecule has 0 aromatic carbocycles. The molecular weight excluding hydrogens is 460 g/mol. The van der Waals surface area contributed by atoms with Crippen LogP contribution in [0.15, 0.2) is 23.2 Å². The van der Waals surface area contributed by atoms with Crippen molar-refractivity contribution in [2.45, 2.75) is 91.6 Å². The number of ketones is 2. The van der Waals surface area contributed by atoms with E-state index in [9.17, 15) is 19.2 Å². The highest BCUT2D eigenvalue weighted by atomic mass is 16.6. The molecule has 0 amide bonds. The first-order chi connectivity index (χ1) is 17.0. The van der Waals surface area contributed by atoms with Crippen LogP contribution in [-0.2, 0) is 33.4 Å². The number of rotatable bonds is 7. The Balaban J connectivity index is 1.50. The van der Waals surface area contributed by atoms with Crippen molar-refractivity contribution in [1.82, 2.24) is 0 Å². The zero-order chi connectivity index (χ0) is 26.0. The molecule has 7 atom stereocenters. The van der Waals surface area contributed by atoms with Crippen molar-refractivity contribution >= 4 is 23.5 Å². The lowest BCUT2D eigenvalue weighted by Crippen LogP contribution is -2.61. The molecule has 7 nitrogen and oxygen atoms in total. The van der Waals surface area contributed by atoms with E-state index in [-0.39, 0.29) is 47.8 Å². The summed E-state index contributed by atoms with van der Waals surface area (Å²) < 4.78 is 17.2. The molecule has 0 spiro atoms. The molecule has 3 fully saturated rings. The molecule has 0 saturated heterocycles. The first-order valence-electron chi connectivity index (χ1n) is 13.6. The van der Waals surface area contributed by atoms with Crippen molar-refractivity contribution in [3.63, 3.8) is 0 Å². The lowest BCUT2D eigenvalue weighted by molar-refractivity contribution is -0.197. The van der Waals surface area contributed by atoms with Crippen molar-refractivity contribution in [2.75, 3.05) is 6.61 Å². The quantitative estimate of drug-likeness (QED) is 0.464. The van der Waals surface area contributed by atoms with E-state index in [1.54, 1.807) is 6.08 Å². The van der Waals surface area contributed by atoms with Crippen LogP contribution in [0.3, 0.4) is 0 Å². The number of hydrogen-bond acceptors (Lipinski definition) is 7. The van der Waals surface area contributed by atoms with Gasteiger partial charge in [0.15, 0.2) is 18.0 Å². The number of carbonyl (C=O) groups excluding carboxylic acids is 4. The number of allylic oxidation sites excluding steroid dienone is 2. The van der Waals surface area contributed by atoms with Gasteiger partial charge in [-0.05, 0) is 69.3 Å². The van der Waals surface area contributed by atoms with Gasteiger partial charge in [0.2, 0.25) is 17.3 Å². The van der Waals surface area contributed by atoms with Crippen molar-refractivity contribution in [1.29, 1.82) is 0 Å². The third-order valence-electron chi connectivity index (χ3n) is 10.3. The minimum absolute atomic E-state index is 0.0138. The SMILES string of the molecule is CCCCC(=O)O[C@]1(C(=O)COC(C)=O)[C@@H](C)C[C@H]2[C@@H]3CCC4=CC(=O)C5=C(O5)[C@]4(C)[C@H]3CC[C@@]21C. The van der Waals surface area contributed by atoms with Crippen molar-refractivity contribution < 1.29 is 33.4 Å². The standard InChI is InChI=1S/C29H38O7/c1-6-7-8-24(33)36-29(23(32)15-34-17(3)30)16(2)13-21-19-10-9-18-14-22(31)25-26(35-25)28(18,5)20(19)11-12-27(21,29)4/h14,16,19-21H,6-13,15H2,1-5H3/t16-,19+,20-,21-,27-,28-,29-/m0/s1. The summed E-state index contributed by atoms with van der Waals surface area (Å²) in [5.41, 5.74) is -0.983. The maximum absolute atomic E-state index is 13.9. The zero-order valence-corrected chi connectivity index (χ0v) is 22.1. The van der Waals surface area contributed by atoms with Crippen LogP contribution < -0.4 is 0 Å². The summed E-state index contributed by atoms with van der Waals surface area (Å²) in [7, 11) is 0. The van der Waals surface area contributed by atoms with E-state index in [0.29, 0.717) is 24.0 Å². The molecule has 0 aromatic heterocycles. The van der Waals surface area contributed by atoms with Crippen molar-refractivity contribution in [3.05, 3.63) is 23.2 Å². The average Bonchev–Trinajstić information content (AvgIpc) is 3.61. The molecule has 0 N–H and O–H groups in total. The van der Waals surface area contributed by atoms with Gasteiger partial charge >= 0.3 is 11.9 Å². The van der Waals surface area contributed by atoms with Gasteiger partial charge in [-0.3, -0.25) is 19.2 Å². The molecule has 36 heavy (non-hydrogen) atoms. The first-order valence-corrected chi connectivity index (χ1v) is 13.6. The van der Waals surface area contributed by atoms with Crippen LogP contribution in [0.4, 0.5) is 0 Å². The molecule has 7 heteroatoms. The molecule has 196 valence electrons. The smallest absolute Gasteiger partial charge is 0.306 e. The maximum Gasteiger partial charge on any atom is 0.306 e. The predicted octanol–water partition coefficient (Wildman–Crippen LogP) is 4.83. The largest absolute Gasteiger partial charge is 0.458 e. The number of carbonyl (C=O) groups is 4. The third-order valence-corrected chi connectivity index (χ3v) is 10.3. The molecule has 0 unspecified atom stereocenters. The Hall–Kier alpha value is -2.44. The topological polar surface area (TPSA) is 99.3 Å². The van der Waals surface area contributed by atoms with Crippen LogP contribution in [0.1, 0.15) is 86.0 Å². The Bertz CT molecular complexity index is 1090. The molecule has 5 rings (SSSR count). The number of unbranched alkanes of at least 4 members (excludes halogenated alkanes) is 1. The molecule has 0 aromatic rings. The van der Waals surface area contributed by atoms with Gasteiger partial charge in [-0.15, -0.1) is 0 Å². The second kappa shape index (κ2) is 8.56. The number of esters is 2. The van der Waals surface area contributed by atoms with Crippen LogP contribution >= 0.6 is 0 Å². The average molecular weight is 499 g/mol. The Labute approximate surface area is 213 Å². The second-order valence-electron chi connectivity index (χ2n) is 12.0. The Morgan fingerprint density at radius 3 is 2.61 bits per heavy atom. The van der Waals surface area contributed by atoms with Crippen molar-refractivity contribution in [3.8, 4) is 0 Å². The molecule has 4 aliphatic carbocycles. The van der Waals surface area contributed by atoms with Gasteiger partial charge in [-0.1, -0.05) is 32.8 Å². The van der Waals surface area contributed by atoms with Crippen LogP contribution in [0.2, 0.25) is 0 Å². The summed E-state index contributed by atoms with van der Waals surface area (Å²) in [5, 5.41) is 0. The molecule has 1 aliphatic heterocycles. The van der Waals surface area contributed by atoms with E-state index in [0.717, 1.165) is 44.3 Å². The summed E-state index contributed by atoms with van der Waals surface area (Å²) in [6, 6.07) is 0. The van der Waals surface area contributed by atoms with Crippen LogP contribution in [0, 0.1) is 34.5 Å². The van der Waals surface area contributed by atoms with E-state index in [2.05, 4.69) is 13.8 Å². The second-order valence-corrected chi connectivity index (χ2v) is 12.0. The summed E-state index contributed by atoms with van der Waals surface area (Å²) in [5.74, 6) is 0.775. The van der Waals surface area contributed by atoms with E-state index >= 15 is 0 Å². The first kappa shape index (κ1) is 25.2. The van der Waals surface area contributed by atoms with Gasteiger partial charge in [-0.2, -0.15) is 0 Å². The van der Waals surface area contributed by atoms with E-state index in [4.69, 9.17) is 14.2 Å². The van der Waals surface area contributed by atoms with Crippen LogP contribution in [0.5, 0.6) is 0 Å². The van der Waals surface area contributed by atoms with Gasteiger partial charge in [-0.25, -0.2) is 0 Å². The van der Waals surface area contributed by atoms with E-state index in [1.807, 2.05) is 13.8 Å². The number of Topliss-reactive ketones (excluding diaryl/α,β-unsaturated/α-hetero) is 1. The fraction of sp³-hybridized carbons (Fsp3) is 0.724. The maximum atomic E-state index is 13.9. The molecule has 3 saturated carbocycles. The number of hydrogen-bond donors (Lipinski definition) is 0. The molecule has 0 radical (unpaired) electrons. The monoisotopic (exact) mass is 498 g/mol. The van der Waals surface area contributed by atoms with Gasteiger partial charge in [0.1, 0.15) is 0 Å². The molecular formula is C29H38O7. The van der Waals surface area contributed by atoms with E-state index in [1.165, 1.54) is 12.5 Å². The van der Waals surface area contributed by atoms with Gasteiger partial charge < -0.3 is 14.2 Å². The lowest BCUT2D eigenvalue weighted by Gasteiger charge is -2.57. The third kappa shape index (κ3) is 3.37. The van der Waals surface area contributed by atoms with E-state index < -0.39 is 17.0 Å². The highest BCUT2D eigenvalue weighted by Gasteiger charge is 2.72. The van der Waals surface area contributed by atoms with Gasteiger partial charge in [0.25, 0.3) is 0 Å². The summed E-state index contributed by atoms with van der Waals surface area (Å²) in [6.45, 7) is 9.26. The van der Waals surface area contributed by atoms with Gasteiger partial charge in [0.05, 0.1) is 5.41 Å². The minimum atomic E-state index is -1.32. The zero-order valence-electron chi connectivity index (χ0n) is 22.1. The lowest BCUT2D eigenvalue weighted by atomic mass is 9.47. The number of fused-ring (bicyclic) bond motifs is 6. The molecule has 1 heterocycles. The van der Waals surface area contributed by atoms with Crippen LogP contribution in [0.25, 0.3) is 0 Å².